The van der Waals surface area contributed by atoms with E-state index in [1.54, 1.807) is 38.2 Å². The average Bonchev–Trinajstić information content (AvgIpc) is 2.67. The first-order valence-electron chi connectivity index (χ1n) is 9.28. The summed E-state index contributed by atoms with van der Waals surface area (Å²) < 4.78 is 27.6. The summed E-state index contributed by atoms with van der Waals surface area (Å²) >= 11 is 5.93. The highest BCUT2D eigenvalue weighted by Gasteiger charge is 2.16. The lowest BCUT2D eigenvalue weighted by Gasteiger charge is -2.12. The van der Waals surface area contributed by atoms with Gasteiger partial charge in [-0.2, -0.15) is 0 Å². The molecule has 158 valence electrons. The van der Waals surface area contributed by atoms with Crippen LogP contribution in [0.15, 0.2) is 47.5 Å². The molecule has 3 rings (SSSR count). The van der Waals surface area contributed by atoms with E-state index in [4.69, 9.17) is 11.6 Å². The Labute approximate surface area is 181 Å². The van der Waals surface area contributed by atoms with Gasteiger partial charge in [0, 0.05) is 30.4 Å². The van der Waals surface area contributed by atoms with Crippen LogP contribution in [-0.2, 0) is 10.0 Å². The Morgan fingerprint density at radius 2 is 1.70 bits per heavy atom. The van der Waals surface area contributed by atoms with E-state index in [-0.39, 0.29) is 11.4 Å². The van der Waals surface area contributed by atoms with Gasteiger partial charge in [0.1, 0.15) is 23.3 Å². The Bertz CT molecular complexity index is 1150. The van der Waals surface area contributed by atoms with Crippen molar-refractivity contribution in [1.29, 1.82) is 0 Å². The van der Waals surface area contributed by atoms with Crippen LogP contribution in [0.1, 0.15) is 17.0 Å². The van der Waals surface area contributed by atoms with Gasteiger partial charge in [-0.3, -0.25) is 0 Å². The van der Waals surface area contributed by atoms with Gasteiger partial charge in [-0.15, -0.1) is 0 Å². The van der Waals surface area contributed by atoms with E-state index < -0.39 is 10.0 Å². The summed E-state index contributed by atoms with van der Waals surface area (Å²) in [7, 11) is -3.66. The number of hydrogen-bond donors (Lipinski definition) is 3. The fourth-order valence-electron chi connectivity index (χ4n) is 2.78. The molecule has 0 amide bonds. The van der Waals surface area contributed by atoms with Gasteiger partial charge >= 0.3 is 0 Å². The van der Waals surface area contributed by atoms with Crippen molar-refractivity contribution in [3.8, 4) is 0 Å². The summed E-state index contributed by atoms with van der Waals surface area (Å²) in [5, 5.41) is 6.63. The molecule has 0 radical (unpaired) electrons. The predicted octanol–water partition coefficient (Wildman–Crippen LogP) is 3.58. The zero-order valence-electron chi connectivity index (χ0n) is 16.9. The molecule has 0 aliphatic rings. The Hall–Kier alpha value is -2.75. The van der Waals surface area contributed by atoms with E-state index in [0.29, 0.717) is 40.4 Å². The molecule has 0 aliphatic carbocycles. The van der Waals surface area contributed by atoms with Crippen molar-refractivity contribution in [2.45, 2.75) is 25.7 Å². The summed E-state index contributed by atoms with van der Waals surface area (Å²) in [5.41, 5.74) is 1.71. The molecule has 30 heavy (non-hydrogen) atoms. The molecule has 0 fully saturated rings. The summed E-state index contributed by atoms with van der Waals surface area (Å²) in [6.45, 7) is 6.02. The maximum Gasteiger partial charge on any atom is 0.240 e. The summed E-state index contributed by atoms with van der Waals surface area (Å²) in [6, 6.07) is 10.3. The molecule has 0 unspecified atom stereocenters. The Morgan fingerprint density at radius 3 is 2.47 bits per heavy atom. The van der Waals surface area contributed by atoms with E-state index in [2.05, 4.69) is 30.3 Å². The lowest BCUT2D eigenvalue weighted by atomic mass is 10.2. The third kappa shape index (κ3) is 5.88. The molecule has 0 bridgehead atoms. The monoisotopic (exact) mass is 446 g/mol. The first-order chi connectivity index (χ1) is 14.2. The maximum absolute atomic E-state index is 12.5. The molecular weight excluding hydrogens is 424 g/mol. The number of halogens is 1. The van der Waals surface area contributed by atoms with Crippen LogP contribution < -0.4 is 15.4 Å². The molecule has 2 heterocycles. The second kappa shape index (κ2) is 9.38. The molecule has 8 nitrogen and oxygen atoms in total. The minimum Gasteiger partial charge on any atom is -0.369 e. The van der Waals surface area contributed by atoms with Crippen molar-refractivity contribution >= 4 is 39.1 Å². The first-order valence-corrected chi connectivity index (χ1v) is 11.1. The lowest BCUT2D eigenvalue weighted by Crippen LogP contribution is -2.29. The highest BCUT2D eigenvalue weighted by molar-refractivity contribution is 7.89. The van der Waals surface area contributed by atoms with Crippen molar-refractivity contribution in [3.05, 3.63) is 64.6 Å². The molecule has 10 heteroatoms. The third-order valence-corrected chi connectivity index (χ3v) is 6.01. The molecule has 3 aromatic rings. The number of anilines is 3. The van der Waals surface area contributed by atoms with E-state index >= 15 is 0 Å². The van der Waals surface area contributed by atoms with Gasteiger partial charge in [-0.05, 0) is 56.2 Å². The standard InChI is InChI=1S/C20H23ClN6O2S/c1-13-6-7-22-18(10-13)27-20-12-19(25-15(3)26-20)23-8-9-24-30(28,29)17-11-16(21)5-4-14(17)2/h4-7,10-12,24H,8-9H2,1-3H3,(H2,22,23,25,26,27). The average molecular weight is 447 g/mol. The van der Waals surface area contributed by atoms with Gasteiger partial charge in [0.15, 0.2) is 0 Å². The lowest BCUT2D eigenvalue weighted by molar-refractivity contribution is 0.582. The molecule has 0 atom stereocenters. The van der Waals surface area contributed by atoms with Crippen LogP contribution in [0.25, 0.3) is 0 Å². The number of nitrogens with zero attached hydrogens (tertiary/aromatic N) is 3. The quantitative estimate of drug-likeness (QED) is 0.453. The fourth-order valence-corrected chi connectivity index (χ4v) is 4.31. The molecule has 0 saturated carbocycles. The zero-order valence-corrected chi connectivity index (χ0v) is 18.5. The van der Waals surface area contributed by atoms with E-state index in [9.17, 15) is 8.42 Å². The van der Waals surface area contributed by atoms with Crippen LogP contribution in [0.2, 0.25) is 5.02 Å². The second-order valence-electron chi connectivity index (χ2n) is 6.76. The normalized spacial score (nSPS) is 11.3. The number of pyridine rings is 1. The minimum absolute atomic E-state index is 0.171. The van der Waals surface area contributed by atoms with Crippen LogP contribution >= 0.6 is 11.6 Å². The van der Waals surface area contributed by atoms with Crippen LogP contribution in [0.4, 0.5) is 17.5 Å². The van der Waals surface area contributed by atoms with Crippen LogP contribution in [0.5, 0.6) is 0 Å². The van der Waals surface area contributed by atoms with Gasteiger partial charge in [-0.1, -0.05) is 17.7 Å². The van der Waals surface area contributed by atoms with Gasteiger partial charge in [0.05, 0.1) is 4.90 Å². The Kier molecular flexibility index (Phi) is 6.86. The smallest absolute Gasteiger partial charge is 0.240 e. The third-order valence-electron chi connectivity index (χ3n) is 4.17. The Balaban J connectivity index is 1.61. The number of aromatic nitrogens is 3. The number of nitrogens with one attached hydrogen (secondary N) is 3. The van der Waals surface area contributed by atoms with Crippen molar-refractivity contribution in [2.24, 2.45) is 0 Å². The van der Waals surface area contributed by atoms with Crippen LogP contribution in [-0.4, -0.2) is 36.5 Å². The summed E-state index contributed by atoms with van der Waals surface area (Å²) in [6.07, 6.45) is 1.72. The number of aryl methyl sites for hydroxylation is 3. The molecule has 1 aromatic carbocycles. The van der Waals surface area contributed by atoms with Crippen LogP contribution in [0, 0.1) is 20.8 Å². The molecule has 0 saturated heterocycles. The molecule has 3 N–H and O–H groups in total. The van der Waals surface area contributed by atoms with Crippen molar-refractivity contribution in [2.75, 3.05) is 23.7 Å². The molecular formula is C20H23ClN6O2S. The largest absolute Gasteiger partial charge is 0.369 e. The number of benzene rings is 1. The topological polar surface area (TPSA) is 109 Å². The van der Waals surface area contributed by atoms with Gasteiger partial charge < -0.3 is 10.6 Å². The SMILES string of the molecule is Cc1ccnc(Nc2cc(NCCNS(=O)(=O)c3cc(Cl)ccc3C)nc(C)n2)c1. The van der Waals surface area contributed by atoms with Gasteiger partial charge in [-0.25, -0.2) is 28.1 Å². The number of hydrogen-bond acceptors (Lipinski definition) is 7. The second-order valence-corrected chi connectivity index (χ2v) is 8.94. The summed E-state index contributed by atoms with van der Waals surface area (Å²) in [5.74, 6) is 2.43. The first kappa shape index (κ1) is 21.9. The maximum atomic E-state index is 12.5. The Morgan fingerprint density at radius 1 is 0.933 bits per heavy atom. The van der Waals surface area contributed by atoms with Crippen LogP contribution in [0.3, 0.4) is 0 Å². The van der Waals surface area contributed by atoms with E-state index in [0.717, 1.165) is 5.56 Å². The van der Waals surface area contributed by atoms with E-state index in [1.807, 2.05) is 19.1 Å². The molecule has 0 spiro atoms. The van der Waals surface area contributed by atoms with Crippen molar-refractivity contribution in [3.63, 3.8) is 0 Å². The van der Waals surface area contributed by atoms with Crippen molar-refractivity contribution < 1.29 is 8.42 Å². The fraction of sp³-hybridized carbons (Fsp3) is 0.250. The van der Waals surface area contributed by atoms with Crippen molar-refractivity contribution in [1.82, 2.24) is 19.7 Å². The van der Waals surface area contributed by atoms with Gasteiger partial charge in [0.25, 0.3) is 0 Å². The number of sulfonamides is 1. The van der Waals surface area contributed by atoms with Gasteiger partial charge in [0.2, 0.25) is 10.0 Å². The molecule has 0 aliphatic heterocycles. The highest BCUT2D eigenvalue weighted by atomic mass is 35.5. The summed E-state index contributed by atoms with van der Waals surface area (Å²) in [4.78, 5) is 13.1. The zero-order chi connectivity index (χ0) is 21.7. The minimum atomic E-state index is -3.66. The number of rotatable bonds is 8. The predicted molar refractivity (Wildman–Crippen MR) is 119 cm³/mol. The van der Waals surface area contributed by atoms with E-state index in [1.165, 1.54) is 6.07 Å². The molecule has 2 aromatic heterocycles. The highest BCUT2D eigenvalue weighted by Crippen LogP contribution is 2.20.